The summed E-state index contributed by atoms with van der Waals surface area (Å²) in [6.07, 6.45) is -0.146. The minimum absolute atomic E-state index is 0.115. The van der Waals surface area contributed by atoms with Gasteiger partial charge in [0.1, 0.15) is 4.99 Å². The van der Waals surface area contributed by atoms with Crippen LogP contribution in [0.5, 0.6) is 0 Å². The molecule has 2 nitrogen and oxygen atoms in total. The van der Waals surface area contributed by atoms with Gasteiger partial charge in [-0.15, -0.1) is 0 Å². The van der Waals surface area contributed by atoms with Crippen molar-refractivity contribution < 1.29 is 13.2 Å². The lowest BCUT2D eigenvalue weighted by atomic mass is 10.0. The van der Waals surface area contributed by atoms with Crippen molar-refractivity contribution in [1.82, 2.24) is 0 Å². The number of rotatable bonds is 3. The molecular weight excluding hydrogens is 285 g/mol. The quantitative estimate of drug-likeness (QED) is 0.863. The number of benzene rings is 1. The van der Waals surface area contributed by atoms with Crippen LogP contribution in [-0.2, 0) is 6.18 Å². The van der Waals surface area contributed by atoms with Crippen LogP contribution in [0.3, 0.4) is 0 Å². The second kappa shape index (κ2) is 5.60. The molecule has 0 atom stereocenters. The third-order valence-electron chi connectivity index (χ3n) is 3.85. The zero-order valence-corrected chi connectivity index (χ0v) is 12.0. The van der Waals surface area contributed by atoms with Crippen molar-refractivity contribution in [1.29, 1.82) is 0 Å². The lowest BCUT2D eigenvalue weighted by molar-refractivity contribution is -0.137. The molecule has 110 valence electrons. The number of thiocarbonyl (C=S) groups is 1. The van der Waals surface area contributed by atoms with Gasteiger partial charge >= 0.3 is 6.18 Å². The van der Waals surface area contributed by atoms with Crippen molar-refractivity contribution >= 4 is 22.9 Å². The van der Waals surface area contributed by atoms with E-state index in [4.69, 9.17) is 18.0 Å². The summed E-state index contributed by atoms with van der Waals surface area (Å²) in [7, 11) is 1.84. The van der Waals surface area contributed by atoms with Crippen LogP contribution < -0.4 is 10.6 Å². The summed E-state index contributed by atoms with van der Waals surface area (Å²) in [6.45, 7) is 0. The first-order valence-electron chi connectivity index (χ1n) is 6.54. The highest BCUT2D eigenvalue weighted by Crippen LogP contribution is 2.36. The Hall–Kier alpha value is -1.30. The molecule has 6 heteroatoms. The Balaban J connectivity index is 2.38. The van der Waals surface area contributed by atoms with E-state index in [1.54, 1.807) is 6.07 Å². The second-order valence-corrected chi connectivity index (χ2v) is 5.58. The fourth-order valence-electron chi connectivity index (χ4n) is 2.70. The van der Waals surface area contributed by atoms with Crippen LogP contribution in [0.4, 0.5) is 18.9 Å². The molecule has 0 spiro atoms. The van der Waals surface area contributed by atoms with Crippen molar-refractivity contribution in [3.05, 3.63) is 29.3 Å². The van der Waals surface area contributed by atoms with E-state index in [1.165, 1.54) is 6.07 Å². The van der Waals surface area contributed by atoms with Gasteiger partial charge < -0.3 is 10.6 Å². The first kappa shape index (κ1) is 15.1. The summed E-state index contributed by atoms with van der Waals surface area (Å²) in [5, 5.41) is 0. The maximum atomic E-state index is 13.1. The van der Waals surface area contributed by atoms with E-state index in [-0.39, 0.29) is 10.6 Å². The van der Waals surface area contributed by atoms with Gasteiger partial charge in [-0.3, -0.25) is 0 Å². The lowest BCUT2D eigenvalue weighted by Crippen LogP contribution is -2.29. The van der Waals surface area contributed by atoms with Crippen molar-refractivity contribution in [2.75, 3.05) is 11.9 Å². The molecule has 1 saturated carbocycles. The Labute approximate surface area is 121 Å². The standard InChI is InChI=1S/C14H17F3N2S/c1-19(9-4-2-3-5-9)10-6-7-11(13(18)20)12(8-10)14(15,16)17/h6-9H,2-5H2,1H3,(H2,18,20). The van der Waals surface area contributed by atoms with Crippen LogP contribution in [0, 0.1) is 0 Å². The van der Waals surface area contributed by atoms with E-state index in [0.29, 0.717) is 11.7 Å². The van der Waals surface area contributed by atoms with E-state index in [1.807, 2.05) is 11.9 Å². The highest BCUT2D eigenvalue weighted by atomic mass is 32.1. The van der Waals surface area contributed by atoms with E-state index >= 15 is 0 Å². The summed E-state index contributed by atoms with van der Waals surface area (Å²) in [5.74, 6) is 0. The molecule has 20 heavy (non-hydrogen) atoms. The Bertz CT molecular complexity index is 508. The summed E-state index contributed by atoms with van der Waals surface area (Å²) < 4.78 is 39.3. The van der Waals surface area contributed by atoms with Gasteiger partial charge in [-0.1, -0.05) is 25.1 Å². The predicted molar refractivity (Wildman–Crippen MR) is 78.0 cm³/mol. The number of hydrogen-bond acceptors (Lipinski definition) is 2. The molecule has 1 aromatic carbocycles. The van der Waals surface area contributed by atoms with Crippen molar-refractivity contribution in [2.45, 2.75) is 37.9 Å². The van der Waals surface area contributed by atoms with Gasteiger partial charge in [0.15, 0.2) is 0 Å². The Morgan fingerprint density at radius 2 is 1.90 bits per heavy atom. The van der Waals surface area contributed by atoms with Gasteiger partial charge in [-0.2, -0.15) is 13.2 Å². The molecule has 2 N–H and O–H groups in total. The molecule has 0 aromatic heterocycles. The Morgan fingerprint density at radius 3 is 2.40 bits per heavy atom. The highest BCUT2D eigenvalue weighted by Gasteiger charge is 2.35. The van der Waals surface area contributed by atoms with Gasteiger partial charge in [-0.05, 0) is 31.0 Å². The van der Waals surface area contributed by atoms with Crippen molar-refractivity contribution in [3.63, 3.8) is 0 Å². The Morgan fingerprint density at radius 1 is 1.30 bits per heavy atom. The number of hydrogen-bond donors (Lipinski definition) is 1. The molecule has 1 aliphatic carbocycles. The second-order valence-electron chi connectivity index (χ2n) is 5.14. The molecule has 0 bridgehead atoms. The van der Waals surface area contributed by atoms with Crippen LogP contribution in [0.1, 0.15) is 36.8 Å². The third-order valence-corrected chi connectivity index (χ3v) is 4.07. The smallest absolute Gasteiger partial charge is 0.389 e. The Kier molecular flexibility index (Phi) is 4.22. The van der Waals surface area contributed by atoms with Gasteiger partial charge in [0.2, 0.25) is 0 Å². The lowest BCUT2D eigenvalue weighted by Gasteiger charge is -2.27. The van der Waals surface area contributed by atoms with Crippen LogP contribution in [0.2, 0.25) is 0 Å². The molecule has 0 saturated heterocycles. The topological polar surface area (TPSA) is 29.3 Å². The van der Waals surface area contributed by atoms with E-state index in [9.17, 15) is 13.2 Å². The summed E-state index contributed by atoms with van der Waals surface area (Å²) in [6, 6.07) is 4.48. The molecule has 0 amide bonds. The molecule has 0 heterocycles. The number of alkyl halides is 3. The third kappa shape index (κ3) is 3.06. The number of halogens is 3. The predicted octanol–water partition coefficient (Wildman–Crippen LogP) is 3.72. The minimum atomic E-state index is -4.45. The molecular formula is C14H17F3N2S. The zero-order valence-electron chi connectivity index (χ0n) is 11.2. The maximum Gasteiger partial charge on any atom is 0.417 e. The molecule has 1 aromatic rings. The number of anilines is 1. The molecule has 0 radical (unpaired) electrons. The van der Waals surface area contributed by atoms with Crippen LogP contribution in [-0.4, -0.2) is 18.1 Å². The first-order valence-corrected chi connectivity index (χ1v) is 6.95. The molecule has 2 rings (SSSR count). The van der Waals surface area contributed by atoms with Gasteiger partial charge in [-0.25, -0.2) is 0 Å². The fraction of sp³-hybridized carbons (Fsp3) is 0.500. The number of nitrogens with zero attached hydrogens (tertiary/aromatic N) is 1. The summed E-state index contributed by atoms with van der Waals surface area (Å²) in [4.78, 5) is 1.69. The maximum absolute atomic E-state index is 13.1. The summed E-state index contributed by atoms with van der Waals surface area (Å²) >= 11 is 4.70. The molecule has 0 aliphatic heterocycles. The molecule has 1 fully saturated rings. The van der Waals surface area contributed by atoms with Crippen LogP contribution >= 0.6 is 12.2 Å². The van der Waals surface area contributed by atoms with Gasteiger partial charge in [0.25, 0.3) is 0 Å². The van der Waals surface area contributed by atoms with Crippen molar-refractivity contribution in [3.8, 4) is 0 Å². The SMILES string of the molecule is CN(c1ccc(C(N)=S)c(C(F)(F)F)c1)C1CCCC1. The van der Waals surface area contributed by atoms with E-state index in [0.717, 1.165) is 31.7 Å². The van der Waals surface area contributed by atoms with E-state index in [2.05, 4.69) is 0 Å². The summed E-state index contributed by atoms with van der Waals surface area (Å²) in [5.41, 5.74) is 5.07. The molecule has 0 unspecified atom stereocenters. The minimum Gasteiger partial charge on any atom is -0.389 e. The molecule has 1 aliphatic rings. The average molecular weight is 302 g/mol. The first-order chi connectivity index (χ1) is 9.30. The van der Waals surface area contributed by atoms with Gasteiger partial charge in [0, 0.05) is 24.3 Å². The average Bonchev–Trinajstić information content (AvgIpc) is 2.89. The van der Waals surface area contributed by atoms with Crippen LogP contribution in [0.25, 0.3) is 0 Å². The highest BCUT2D eigenvalue weighted by molar-refractivity contribution is 7.80. The normalized spacial score (nSPS) is 16.4. The van der Waals surface area contributed by atoms with E-state index < -0.39 is 11.7 Å². The largest absolute Gasteiger partial charge is 0.417 e. The zero-order chi connectivity index (χ0) is 14.9. The fourth-order valence-corrected chi connectivity index (χ4v) is 2.88. The van der Waals surface area contributed by atoms with Crippen molar-refractivity contribution in [2.24, 2.45) is 5.73 Å². The van der Waals surface area contributed by atoms with Crippen LogP contribution in [0.15, 0.2) is 18.2 Å². The monoisotopic (exact) mass is 302 g/mol. The number of nitrogens with two attached hydrogens (primary N) is 1. The van der Waals surface area contributed by atoms with Gasteiger partial charge in [0.05, 0.1) is 5.56 Å².